The molecule has 1 fully saturated rings. The van der Waals surface area contributed by atoms with Gasteiger partial charge in [0, 0.05) is 12.1 Å². The summed E-state index contributed by atoms with van der Waals surface area (Å²) in [5, 5.41) is 3.08. The maximum Gasteiger partial charge on any atom is 0.237 e. The fourth-order valence-corrected chi connectivity index (χ4v) is 2.87. The van der Waals surface area contributed by atoms with Gasteiger partial charge in [0.1, 0.15) is 0 Å². The van der Waals surface area contributed by atoms with Crippen LogP contribution in [0.4, 0.5) is 0 Å². The van der Waals surface area contributed by atoms with Gasteiger partial charge in [-0.25, -0.2) is 0 Å². The number of rotatable bonds is 6. The molecule has 0 heterocycles. The minimum absolute atomic E-state index is 0.00106. The molecule has 0 aromatic rings. The van der Waals surface area contributed by atoms with Crippen LogP contribution in [0.15, 0.2) is 0 Å². The van der Waals surface area contributed by atoms with Gasteiger partial charge >= 0.3 is 0 Å². The maximum absolute atomic E-state index is 12.1. The first-order valence-corrected chi connectivity index (χ1v) is 7.63. The van der Waals surface area contributed by atoms with Gasteiger partial charge in [0.25, 0.3) is 0 Å². The standard InChI is InChI=1S/C15H31N3O/c1-5-12(2)13(16)14(19)17-11-15(18(3)4)9-7-6-8-10-15/h12-13H,5-11,16H2,1-4H3,(H,17,19)/t12?,13-/m0/s1. The Morgan fingerprint density at radius 3 is 2.37 bits per heavy atom. The number of nitrogens with two attached hydrogens (primary N) is 1. The second-order valence-electron chi connectivity index (χ2n) is 6.31. The fourth-order valence-electron chi connectivity index (χ4n) is 2.87. The van der Waals surface area contributed by atoms with Gasteiger partial charge in [0.2, 0.25) is 5.91 Å². The van der Waals surface area contributed by atoms with E-state index < -0.39 is 0 Å². The number of hydrogen-bond donors (Lipinski definition) is 2. The fraction of sp³-hybridized carbons (Fsp3) is 0.933. The lowest BCUT2D eigenvalue weighted by Crippen LogP contribution is -2.56. The molecule has 0 saturated heterocycles. The number of hydrogen-bond acceptors (Lipinski definition) is 3. The van der Waals surface area contributed by atoms with Gasteiger partial charge in [-0.2, -0.15) is 0 Å². The summed E-state index contributed by atoms with van der Waals surface area (Å²) in [5.41, 5.74) is 6.11. The van der Waals surface area contributed by atoms with Crippen LogP contribution in [-0.2, 0) is 4.79 Å². The first-order chi connectivity index (χ1) is 8.93. The quantitative estimate of drug-likeness (QED) is 0.772. The topological polar surface area (TPSA) is 58.4 Å². The van der Waals surface area contributed by atoms with Crippen LogP contribution in [-0.4, -0.2) is 43.0 Å². The summed E-state index contributed by atoms with van der Waals surface area (Å²) in [6, 6.07) is -0.382. The summed E-state index contributed by atoms with van der Waals surface area (Å²) in [7, 11) is 4.23. The van der Waals surface area contributed by atoms with Crippen molar-refractivity contribution in [3.63, 3.8) is 0 Å². The summed E-state index contributed by atoms with van der Waals surface area (Å²) in [6.07, 6.45) is 7.10. The molecule has 4 nitrogen and oxygen atoms in total. The molecule has 0 radical (unpaired) electrons. The Kier molecular flexibility index (Phi) is 6.27. The summed E-state index contributed by atoms with van der Waals surface area (Å²) in [5.74, 6) is 0.239. The molecular weight excluding hydrogens is 238 g/mol. The van der Waals surface area contributed by atoms with Gasteiger partial charge in [-0.05, 0) is 32.9 Å². The van der Waals surface area contributed by atoms with E-state index in [1.165, 1.54) is 32.1 Å². The second-order valence-corrected chi connectivity index (χ2v) is 6.31. The molecular formula is C15H31N3O. The van der Waals surface area contributed by atoms with Crippen LogP contribution in [0.2, 0.25) is 0 Å². The van der Waals surface area contributed by atoms with Crippen LogP contribution in [0.25, 0.3) is 0 Å². The minimum Gasteiger partial charge on any atom is -0.353 e. The Balaban J connectivity index is 2.55. The summed E-state index contributed by atoms with van der Waals surface area (Å²) < 4.78 is 0. The van der Waals surface area contributed by atoms with Gasteiger partial charge in [-0.15, -0.1) is 0 Å². The van der Waals surface area contributed by atoms with Crippen molar-refractivity contribution in [3.8, 4) is 0 Å². The smallest absolute Gasteiger partial charge is 0.237 e. The van der Waals surface area contributed by atoms with Crippen LogP contribution in [0.5, 0.6) is 0 Å². The third-order valence-electron chi connectivity index (χ3n) is 4.88. The molecule has 1 aliphatic carbocycles. The molecule has 0 bridgehead atoms. The minimum atomic E-state index is -0.382. The van der Waals surface area contributed by atoms with Crippen molar-refractivity contribution in [1.29, 1.82) is 0 Å². The number of nitrogens with zero attached hydrogens (tertiary/aromatic N) is 1. The second kappa shape index (κ2) is 7.25. The van der Waals surface area contributed by atoms with Crippen molar-refractivity contribution in [2.24, 2.45) is 11.7 Å². The zero-order chi connectivity index (χ0) is 14.5. The van der Waals surface area contributed by atoms with E-state index in [0.29, 0.717) is 0 Å². The molecule has 0 aromatic carbocycles. The number of likely N-dealkylation sites (N-methyl/N-ethyl adjacent to an activating group) is 1. The molecule has 0 aromatic heterocycles. The summed E-state index contributed by atoms with van der Waals surface area (Å²) >= 11 is 0. The van der Waals surface area contributed by atoms with Gasteiger partial charge < -0.3 is 16.0 Å². The zero-order valence-electron chi connectivity index (χ0n) is 13.0. The molecule has 4 heteroatoms. The van der Waals surface area contributed by atoms with E-state index in [9.17, 15) is 4.79 Å². The van der Waals surface area contributed by atoms with E-state index in [1.807, 2.05) is 6.92 Å². The predicted octanol–water partition coefficient (Wildman–Crippen LogP) is 1.74. The lowest BCUT2D eigenvalue weighted by molar-refractivity contribution is -0.124. The number of carbonyl (C=O) groups excluding carboxylic acids is 1. The van der Waals surface area contributed by atoms with E-state index >= 15 is 0 Å². The highest BCUT2D eigenvalue weighted by Crippen LogP contribution is 2.31. The molecule has 3 N–H and O–H groups in total. The van der Waals surface area contributed by atoms with Gasteiger partial charge in [0.05, 0.1) is 6.04 Å². The maximum atomic E-state index is 12.1. The monoisotopic (exact) mass is 269 g/mol. The highest BCUT2D eigenvalue weighted by Gasteiger charge is 2.35. The molecule has 0 aliphatic heterocycles. The van der Waals surface area contributed by atoms with E-state index in [0.717, 1.165) is 13.0 Å². The van der Waals surface area contributed by atoms with Gasteiger partial charge in [-0.3, -0.25) is 4.79 Å². The number of nitrogens with one attached hydrogen (secondary N) is 1. The Morgan fingerprint density at radius 2 is 1.89 bits per heavy atom. The van der Waals surface area contributed by atoms with E-state index in [4.69, 9.17) is 5.73 Å². The predicted molar refractivity (Wildman–Crippen MR) is 79.9 cm³/mol. The molecule has 19 heavy (non-hydrogen) atoms. The van der Waals surface area contributed by atoms with Crippen molar-refractivity contribution in [1.82, 2.24) is 10.2 Å². The molecule has 1 amide bonds. The van der Waals surface area contributed by atoms with Gasteiger partial charge in [0.15, 0.2) is 0 Å². The lowest BCUT2D eigenvalue weighted by atomic mass is 9.80. The first-order valence-electron chi connectivity index (χ1n) is 7.63. The highest BCUT2D eigenvalue weighted by molar-refractivity contribution is 5.81. The molecule has 0 spiro atoms. The van der Waals surface area contributed by atoms with Crippen molar-refractivity contribution >= 4 is 5.91 Å². The third kappa shape index (κ3) is 4.18. The van der Waals surface area contributed by atoms with E-state index in [-0.39, 0.29) is 23.4 Å². The SMILES string of the molecule is CCC(C)[C@H](N)C(=O)NCC1(N(C)C)CCCCC1. The van der Waals surface area contributed by atoms with E-state index in [1.54, 1.807) is 0 Å². The van der Waals surface area contributed by atoms with Crippen LogP contribution in [0.3, 0.4) is 0 Å². The average molecular weight is 269 g/mol. The van der Waals surface area contributed by atoms with Crippen molar-refractivity contribution in [3.05, 3.63) is 0 Å². The Bertz CT molecular complexity index is 285. The van der Waals surface area contributed by atoms with Crippen LogP contribution < -0.4 is 11.1 Å². The first kappa shape index (κ1) is 16.4. The molecule has 1 saturated carbocycles. The lowest BCUT2D eigenvalue weighted by Gasteiger charge is -2.43. The van der Waals surface area contributed by atoms with Crippen LogP contribution in [0, 0.1) is 5.92 Å². The van der Waals surface area contributed by atoms with E-state index in [2.05, 4.69) is 31.2 Å². The van der Waals surface area contributed by atoms with Crippen LogP contribution >= 0.6 is 0 Å². The number of carbonyl (C=O) groups is 1. The molecule has 1 rings (SSSR count). The highest BCUT2D eigenvalue weighted by atomic mass is 16.2. The Morgan fingerprint density at radius 1 is 1.32 bits per heavy atom. The number of amides is 1. The summed E-state index contributed by atoms with van der Waals surface area (Å²) in [6.45, 7) is 4.83. The average Bonchev–Trinajstić information content (AvgIpc) is 2.43. The normalized spacial score (nSPS) is 22.0. The van der Waals surface area contributed by atoms with Crippen molar-refractivity contribution in [2.45, 2.75) is 64.0 Å². The Labute approximate surface area is 118 Å². The molecule has 2 atom stereocenters. The van der Waals surface area contributed by atoms with Crippen LogP contribution in [0.1, 0.15) is 52.4 Å². The van der Waals surface area contributed by atoms with Crippen molar-refractivity contribution in [2.75, 3.05) is 20.6 Å². The zero-order valence-corrected chi connectivity index (χ0v) is 13.0. The third-order valence-corrected chi connectivity index (χ3v) is 4.88. The molecule has 112 valence electrons. The largest absolute Gasteiger partial charge is 0.353 e. The molecule has 1 unspecified atom stereocenters. The molecule has 1 aliphatic rings. The summed E-state index contributed by atoms with van der Waals surface area (Å²) in [4.78, 5) is 14.4. The Hall–Kier alpha value is -0.610. The van der Waals surface area contributed by atoms with Gasteiger partial charge in [-0.1, -0.05) is 39.5 Å². The van der Waals surface area contributed by atoms with Crippen molar-refractivity contribution < 1.29 is 4.79 Å².